The molecule has 164 valence electrons. The smallest absolute Gasteiger partial charge is 0.247 e. The van der Waals surface area contributed by atoms with Gasteiger partial charge in [-0.15, -0.1) is 0 Å². The van der Waals surface area contributed by atoms with Crippen molar-refractivity contribution in [2.24, 2.45) is 0 Å². The largest absolute Gasteiger partial charge is 0.326 e. The van der Waals surface area contributed by atoms with Crippen LogP contribution in [0, 0.1) is 5.82 Å². The second-order valence-corrected chi connectivity index (χ2v) is 9.04. The maximum atomic E-state index is 13.2. The molecule has 0 spiro atoms. The monoisotopic (exact) mass is 453 g/mol. The molecule has 0 aromatic heterocycles. The number of fused-ring (bicyclic) bond motifs is 1. The number of hydrogen-bond donors (Lipinski definition) is 3. The van der Waals surface area contributed by atoms with E-state index in [9.17, 15) is 22.4 Å². The molecule has 3 aromatic rings. The first-order valence-electron chi connectivity index (χ1n) is 9.88. The van der Waals surface area contributed by atoms with Crippen LogP contribution in [0.1, 0.15) is 23.6 Å². The van der Waals surface area contributed by atoms with Crippen molar-refractivity contribution in [3.8, 4) is 0 Å². The molecular formula is C23H20FN3O4S. The van der Waals surface area contributed by atoms with Crippen LogP contribution in [0.4, 0.5) is 15.8 Å². The van der Waals surface area contributed by atoms with Crippen LogP contribution in [0.2, 0.25) is 0 Å². The summed E-state index contributed by atoms with van der Waals surface area (Å²) in [6, 6.07) is 16.8. The van der Waals surface area contributed by atoms with Crippen molar-refractivity contribution >= 4 is 33.2 Å². The van der Waals surface area contributed by atoms with Crippen molar-refractivity contribution in [1.29, 1.82) is 0 Å². The van der Waals surface area contributed by atoms with Crippen LogP contribution in [0.15, 0.2) is 77.7 Å². The summed E-state index contributed by atoms with van der Waals surface area (Å²) >= 11 is 0. The average Bonchev–Trinajstić information content (AvgIpc) is 2.79. The fourth-order valence-electron chi connectivity index (χ4n) is 3.42. The topological polar surface area (TPSA) is 104 Å². The minimum Gasteiger partial charge on any atom is -0.326 e. The lowest BCUT2D eigenvalue weighted by molar-refractivity contribution is -0.118. The maximum absolute atomic E-state index is 13.2. The number of rotatable bonds is 6. The lowest BCUT2D eigenvalue weighted by Gasteiger charge is -2.21. The summed E-state index contributed by atoms with van der Waals surface area (Å²) in [7, 11) is -4.08. The molecule has 3 aromatic carbocycles. The van der Waals surface area contributed by atoms with Crippen LogP contribution in [-0.4, -0.2) is 20.2 Å². The Morgan fingerprint density at radius 3 is 2.41 bits per heavy atom. The standard InChI is InChI=1S/C23H20FN3O4S/c24-17-7-9-18(10-8-17)25-23(29)22(15-4-2-1-3-5-15)27-32(30,31)19-11-12-20-16(14-19)6-13-21(28)26-20/h1-5,7-12,14,22,27H,6,13H2,(H,25,29)(H,26,28)/t22-/m0/s1. The third-order valence-electron chi connectivity index (χ3n) is 5.06. The summed E-state index contributed by atoms with van der Waals surface area (Å²) in [5, 5.41) is 5.33. The highest BCUT2D eigenvalue weighted by Gasteiger charge is 2.28. The Labute approximate surface area is 184 Å². The molecule has 7 nitrogen and oxygen atoms in total. The van der Waals surface area contributed by atoms with Crippen molar-refractivity contribution in [3.63, 3.8) is 0 Å². The number of hydrogen-bond acceptors (Lipinski definition) is 4. The number of sulfonamides is 1. The van der Waals surface area contributed by atoms with Gasteiger partial charge in [-0.1, -0.05) is 30.3 Å². The van der Waals surface area contributed by atoms with Crippen LogP contribution in [0.25, 0.3) is 0 Å². The summed E-state index contributed by atoms with van der Waals surface area (Å²) in [4.78, 5) is 24.5. The van der Waals surface area contributed by atoms with Gasteiger partial charge in [0.25, 0.3) is 0 Å². The van der Waals surface area contributed by atoms with Gasteiger partial charge < -0.3 is 10.6 Å². The molecular weight excluding hydrogens is 433 g/mol. The third-order valence-corrected chi connectivity index (χ3v) is 6.48. The quantitative estimate of drug-likeness (QED) is 0.532. The van der Waals surface area contributed by atoms with E-state index in [2.05, 4.69) is 15.4 Å². The van der Waals surface area contributed by atoms with Gasteiger partial charge in [0.15, 0.2) is 0 Å². The van der Waals surface area contributed by atoms with E-state index in [1.54, 1.807) is 30.3 Å². The lowest BCUT2D eigenvalue weighted by Crippen LogP contribution is -2.37. The van der Waals surface area contributed by atoms with E-state index in [1.807, 2.05) is 0 Å². The molecule has 2 amide bonds. The molecule has 4 rings (SSSR count). The molecule has 9 heteroatoms. The van der Waals surface area contributed by atoms with Crippen LogP contribution in [-0.2, 0) is 26.0 Å². The van der Waals surface area contributed by atoms with E-state index in [1.165, 1.54) is 42.5 Å². The van der Waals surface area contributed by atoms with Crippen LogP contribution in [0.5, 0.6) is 0 Å². The molecule has 1 aliphatic rings. The first-order valence-corrected chi connectivity index (χ1v) is 11.4. The van der Waals surface area contributed by atoms with Gasteiger partial charge in [-0.25, -0.2) is 12.8 Å². The van der Waals surface area contributed by atoms with E-state index in [-0.39, 0.29) is 17.2 Å². The van der Waals surface area contributed by atoms with Gasteiger partial charge in [-0.3, -0.25) is 9.59 Å². The minimum absolute atomic E-state index is 0.0112. The number of nitrogens with one attached hydrogen (secondary N) is 3. The Bertz CT molecular complexity index is 1260. The molecule has 1 atom stereocenters. The summed E-state index contributed by atoms with van der Waals surface area (Å²) in [5.41, 5.74) is 2.07. The van der Waals surface area contributed by atoms with E-state index < -0.39 is 27.8 Å². The zero-order valence-electron chi connectivity index (χ0n) is 16.8. The molecule has 1 heterocycles. The fraction of sp³-hybridized carbons (Fsp3) is 0.130. The van der Waals surface area contributed by atoms with E-state index >= 15 is 0 Å². The Hall–Kier alpha value is -3.56. The molecule has 0 radical (unpaired) electrons. The van der Waals surface area contributed by atoms with Crippen molar-refractivity contribution in [2.45, 2.75) is 23.8 Å². The minimum atomic E-state index is -4.08. The van der Waals surface area contributed by atoms with Gasteiger partial charge in [0.1, 0.15) is 11.9 Å². The fourth-order valence-corrected chi connectivity index (χ4v) is 4.65. The highest BCUT2D eigenvalue weighted by molar-refractivity contribution is 7.89. The highest BCUT2D eigenvalue weighted by Crippen LogP contribution is 2.27. The van der Waals surface area contributed by atoms with Crippen LogP contribution < -0.4 is 15.4 Å². The molecule has 0 saturated carbocycles. The number of halogens is 1. The molecule has 3 N–H and O–H groups in total. The first kappa shape index (κ1) is 21.7. The van der Waals surface area contributed by atoms with Gasteiger partial charge in [0.05, 0.1) is 4.90 Å². The number of benzene rings is 3. The van der Waals surface area contributed by atoms with E-state index in [0.29, 0.717) is 28.9 Å². The van der Waals surface area contributed by atoms with Crippen molar-refractivity contribution < 1.29 is 22.4 Å². The highest BCUT2D eigenvalue weighted by atomic mass is 32.2. The molecule has 0 fully saturated rings. The zero-order valence-corrected chi connectivity index (χ0v) is 17.7. The Balaban J connectivity index is 1.62. The van der Waals surface area contributed by atoms with Gasteiger partial charge >= 0.3 is 0 Å². The van der Waals surface area contributed by atoms with Crippen molar-refractivity contribution in [1.82, 2.24) is 4.72 Å². The number of amides is 2. The number of aryl methyl sites for hydroxylation is 1. The number of carbonyl (C=O) groups excluding carboxylic acids is 2. The number of anilines is 2. The molecule has 0 bridgehead atoms. The van der Waals surface area contributed by atoms with Gasteiger partial charge in [0, 0.05) is 17.8 Å². The zero-order chi connectivity index (χ0) is 22.7. The van der Waals surface area contributed by atoms with E-state index in [0.717, 1.165) is 0 Å². The van der Waals surface area contributed by atoms with Crippen LogP contribution in [0.3, 0.4) is 0 Å². The van der Waals surface area contributed by atoms with Crippen molar-refractivity contribution in [3.05, 3.63) is 89.7 Å². The van der Waals surface area contributed by atoms with E-state index in [4.69, 9.17) is 0 Å². The van der Waals surface area contributed by atoms with Gasteiger partial charge in [-0.05, 0) is 60.0 Å². The average molecular weight is 453 g/mol. The lowest BCUT2D eigenvalue weighted by atomic mass is 10.0. The molecule has 0 aliphatic carbocycles. The first-order chi connectivity index (χ1) is 15.3. The predicted octanol–water partition coefficient (Wildman–Crippen LogP) is 3.37. The Morgan fingerprint density at radius 1 is 0.969 bits per heavy atom. The van der Waals surface area contributed by atoms with Crippen LogP contribution >= 0.6 is 0 Å². The predicted molar refractivity (Wildman–Crippen MR) is 118 cm³/mol. The molecule has 0 unspecified atom stereocenters. The summed E-state index contributed by atoms with van der Waals surface area (Å²) < 4.78 is 41.9. The molecule has 1 aliphatic heterocycles. The summed E-state index contributed by atoms with van der Waals surface area (Å²) in [6.07, 6.45) is 0.703. The SMILES string of the molecule is O=C1CCc2cc(S(=O)(=O)N[C@H](C(=O)Nc3ccc(F)cc3)c3ccccc3)ccc2N1. The summed E-state index contributed by atoms with van der Waals surface area (Å²) in [6.45, 7) is 0. The van der Waals surface area contributed by atoms with Crippen molar-refractivity contribution in [2.75, 3.05) is 10.6 Å². The number of carbonyl (C=O) groups is 2. The third kappa shape index (κ3) is 4.84. The normalized spacial score (nSPS) is 14.2. The second kappa shape index (κ2) is 8.89. The second-order valence-electron chi connectivity index (χ2n) is 7.33. The molecule has 32 heavy (non-hydrogen) atoms. The maximum Gasteiger partial charge on any atom is 0.247 e. The van der Waals surface area contributed by atoms with Gasteiger partial charge in [0.2, 0.25) is 21.8 Å². The van der Waals surface area contributed by atoms with Gasteiger partial charge in [-0.2, -0.15) is 4.72 Å². The Morgan fingerprint density at radius 2 is 1.69 bits per heavy atom. The molecule has 0 saturated heterocycles. The Kier molecular flexibility index (Phi) is 6.02. The summed E-state index contributed by atoms with van der Waals surface area (Å²) in [5.74, 6) is -1.18.